The lowest BCUT2D eigenvalue weighted by atomic mass is 10.1. The van der Waals surface area contributed by atoms with Crippen molar-refractivity contribution in [2.75, 3.05) is 5.32 Å². The fourth-order valence-electron chi connectivity index (χ4n) is 1.19. The van der Waals surface area contributed by atoms with Crippen LogP contribution in [0.5, 0.6) is 0 Å². The Morgan fingerprint density at radius 2 is 2.24 bits per heavy atom. The number of carbonyl (C=O) groups is 1. The van der Waals surface area contributed by atoms with Gasteiger partial charge in [-0.25, -0.2) is 4.39 Å². The number of nitrogens with zero attached hydrogens (tertiary/aromatic N) is 1. The first kappa shape index (κ1) is 13.0. The summed E-state index contributed by atoms with van der Waals surface area (Å²) in [5, 5.41) is 13.7. The molecule has 0 saturated carbocycles. The van der Waals surface area contributed by atoms with Crippen molar-refractivity contribution in [1.82, 2.24) is 0 Å². The fraction of sp³-hybridized carbons (Fsp3) is 0.273. The molecule has 0 spiro atoms. The first-order valence-electron chi connectivity index (χ1n) is 5.00. The Labute approximate surface area is 98.1 Å². The van der Waals surface area contributed by atoms with Crippen molar-refractivity contribution in [3.8, 4) is 0 Å². The monoisotopic (exact) mass is 239 g/mol. The standard InChI is InChI=1S/C11H14FN3O2/c1-6-5-8(3-4-9(6)12)14-11(16)7(2)10(13)15-17/h3-5,7,17H,1-2H3,(H2,13,15)(H,14,16). The Kier molecular flexibility index (Phi) is 4.03. The number of rotatable bonds is 3. The zero-order valence-electron chi connectivity index (χ0n) is 9.57. The summed E-state index contributed by atoms with van der Waals surface area (Å²) >= 11 is 0. The van der Waals surface area contributed by atoms with Gasteiger partial charge in [0.2, 0.25) is 5.91 Å². The van der Waals surface area contributed by atoms with Crippen LogP contribution in [0.25, 0.3) is 0 Å². The van der Waals surface area contributed by atoms with Crippen LogP contribution in [0.1, 0.15) is 12.5 Å². The molecule has 0 bridgehead atoms. The third-order valence-electron chi connectivity index (χ3n) is 2.38. The van der Waals surface area contributed by atoms with Crippen molar-refractivity contribution in [1.29, 1.82) is 0 Å². The number of oxime groups is 1. The van der Waals surface area contributed by atoms with Crippen molar-refractivity contribution >= 4 is 17.4 Å². The van der Waals surface area contributed by atoms with E-state index in [1.807, 2.05) is 0 Å². The van der Waals surface area contributed by atoms with Crippen LogP contribution in [0.3, 0.4) is 0 Å². The second-order valence-electron chi connectivity index (χ2n) is 3.70. The highest BCUT2D eigenvalue weighted by Gasteiger charge is 2.17. The van der Waals surface area contributed by atoms with Crippen LogP contribution in [0, 0.1) is 18.7 Å². The van der Waals surface area contributed by atoms with E-state index in [1.54, 1.807) is 6.92 Å². The van der Waals surface area contributed by atoms with E-state index in [0.29, 0.717) is 11.3 Å². The van der Waals surface area contributed by atoms with E-state index in [9.17, 15) is 9.18 Å². The van der Waals surface area contributed by atoms with Crippen molar-refractivity contribution in [3.05, 3.63) is 29.6 Å². The first-order chi connectivity index (χ1) is 7.95. The maximum atomic E-state index is 13.0. The number of amidine groups is 1. The van der Waals surface area contributed by atoms with Gasteiger partial charge in [-0.05, 0) is 37.6 Å². The predicted molar refractivity (Wildman–Crippen MR) is 62.3 cm³/mol. The minimum absolute atomic E-state index is 0.179. The van der Waals surface area contributed by atoms with E-state index in [1.165, 1.54) is 25.1 Å². The molecule has 5 nitrogen and oxygen atoms in total. The Balaban J connectivity index is 2.78. The SMILES string of the molecule is Cc1cc(NC(=O)C(C)C(N)=NO)ccc1F. The van der Waals surface area contributed by atoms with Gasteiger partial charge in [0.25, 0.3) is 0 Å². The second-order valence-corrected chi connectivity index (χ2v) is 3.70. The minimum Gasteiger partial charge on any atom is -0.409 e. The van der Waals surface area contributed by atoms with Crippen LogP contribution in [-0.4, -0.2) is 17.0 Å². The molecule has 4 N–H and O–H groups in total. The second kappa shape index (κ2) is 5.29. The third kappa shape index (κ3) is 3.17. The summed E-state index contributed by atoms with van der Waals surface area (Å²) in [7, 11) is 0. The van der Waals surface area contributed by atoms with E-state index in [2.05, 4.69) is 10.5 Å². The van der Waals surface area contributed by atoms with Crippen LogP contribution in [0.4, 0.5) is 10.1 Å². The topological polar surface area (TPSA) is 87.7 Å². The van der Waals surface area contributed by atoms with Gasteiger partial charge in [-0.15, -0.1) is 0 Å². The number of amides is 1. The van der Waals surface area contributed by atoms with Crippen LogP contribution in [0.2, 0.25) is 0 Å². The quantitative estimate of drug-likeness (QED) is 0.323. The molecule has 0 fully saturated rings. The smallest absolute Gasteiger partial charge is 0.234 e. The summed E-state index contributed by atoms with van der Waals surface area (Å²) in [6.45, 7) is 3.10. The lowest BCUT2D eigenvalue weighted by molar-refractivity contribution is -0.117. The van der Waals surface area contributed by atoms with Gasteiger partial charge in [-0.3, -0.25) is 4.79 Å². The zero-order chi connectivity index (χ0) is 13.0. The average molecular weight is 239 g/mol. The number of hydrogen-bond acceptors (Lipinski definition) is 3. The molecule has 17 heavy (non-hydrogen) atoms. The molecule has 0 aliphatic carbocycles. The largest absolute Gasteiger partial charge is 0.409 e. The van der Waals surface area contributed by atoms with Crippen LogP contribution in [0.15, 0.2) is 23.4 Å². The number of benzene rings is 1. The van der Waals surface area contributed by atoms with E-state index in [-0.39, 0.29) is 11.7 Å². The maximum Gasteiger partial charge on any atom is 0.234 e. The van der Waals surface area contributed by atoms with Gasteiger partial charge in [0.05, 0.1) is 5.92 Å². The molecule has 0 aliphatic rings. The van der Waals surface area contributed by atoms with Crippen molar-refractivity contribution in [2.24, 2.45) is 16.8 Å². The molecule has 0 aliphatic heterocycles. The molecule has 92 valence electrons. The lowest BCUT2D eigenvalue weighted by Gasteiger charge is -2.11. The predicted octanol–water partition coefficient (Wildman–Crippen LogP) is 1.46. The molecule has 1 rings (SSSR count). The Bertz CT molecular complexity index is 460. The van der Waals surface area contributed by atoms with Gasteiger partial charge in [0.1, 0.15) is 5.82 Å². The molecule has 1 aromatic carbocycles. The van der Waals surface area contributed by atoms with Gasteiger partial charge >= 0.3 is 0 Å². The number of anilines is 1. The van der Waals surface area contributed by atoms with E-state index in [0.717, 1.165) is 0 Å². The molecule has 0 heterocycles. The molecular weight excluding hydrogens is 225 g/mol. The van der Waals surface area contributed by atoms with Crippen LogP contribution < -0.4 is 11.1 Å². The summed E-state index contributed by atoms with van der Waals surface area (Å²) < 4.78 is 13.0. The van der Waals surface area contributed by atoms with Crippen molar-refractivity contribution < 1.29 is 14.4 Å². The fourth-order valence-corrected chi connectivity index (χ4v) is 1.19. The highest BCUT2D eigenvalue weighted by molar-refractivity contribution is 6.07. The van der Waals surface area contributed by atoms with Gasteiger partial charge in [0, 0.05) is 5.69 Å². The lowest BCUT2D eigenvalue weighted by Crippen LogP contribution is -2.32. The molecule has 1 unspecified atom stereocenters. The summed E-state index contributed by atoms with van der Waals surface area (Å²) in [6, 6.07) is 4.21. The zero-order valence-corrected chi connectivity index (χ0v) is 9.57. The normalized spacial score (nSPS) is 13.2. The van der Waals surface area contributed by atoms with Gasteiger partial charge in [-0.2, -0.15) is 0 Å². The van der Waals surface area contributed by atoms with Crippen LogP contribution >= 0.6 is 0 Å². The summed E-state index contributed by atoms with van der Waals surface area (Å²) in [4.78, 5) is 11.6. The first-order valence-corrected chi connectivity index (χ1v) is 5.00. The van der Waals surface area contributed by atoms with E-state index >= 15 is 0 Å². The number of aryl methyl sites for hydroxylation is 1. The van der Waals surface area contributed by atoms with E-state index < -0.39 is 11.8 Å². The number of nitrogens with two attached hydrogens (primary N) is 1. The molecule has 0 saturated heterocycles. The highest BCUT2D eigenvalue weighted by atomic mass is 19.1. The molecule has 0 radical (unpaired) electrons. The molecule has 1 atom stereocenters. The summed E-state index contributed by atoms with van der Waals surface area (Å²) in [6.07, 6.45) is 0. The number of carbonyl (C=O) groups excluding carboxylic acids is 1. The highest BCUT2D eigenvalue weighted by Crippen LogP contribution is 2.14. The van der Waals surface area contributed by atoms with Crippen molar-refractivity contribution in [2.45, 2.75) is 13.8 Å². The van der Waals surface area contributed by atoms with Crippen LogP contribution in [-0.2, 0) is 4.79 Å². The summed E-state index contributed by atoms with van der Waals surface area (Å²) in [5.41, 5.74) is 6.20. The van der Waals surface area contributed by atoms with Gasteiger partial charge < -0.3 is 16.3 Å². The molecule has 0 aromatic heterocycles. The molecule has 1 aromatic rings. The average Bonchev–Trinajstić information content (AvgIpc) is 2.31. The maximum absolute atomic E-state index is 13.0. The molecular formula is C11H14FN3O2. The number of nitrogens with one attached hydrogen (secondary N) is 1. The van der Waals surface area contributed by atoms with Gasteiger partial charge in [-0.1, -0.05) is 5.16 Å². The Morgan fingerprint density at radius 1 is 1.59 bits per heavy atom. The summed E-state index contributed by atoms with van der Waals surface area (Å²) in [5.74, 6) is -1.70. The molecule has 1 amide bonds. The Morgan fingerprint density at radius 3 is 2.76 bits per heavy atom. The minimum atomic E-state index is -0.759. The molecule has 6 heteroatoms. The van der Waals surface area contributed by atoms with Gasteiger partial charge in [0.15, 0.2) is 5.84 Å². The number of halogens is 1. The number of hydrogen-bond donors (Lipinski definition) is 3. The Hall–Kier alpha value is -2.11. The third-order valence-corrected chi connectivity index (χ3v) is 2.38. The van der Waals surface area contributed by atoms with Crippen molar-refractivity contribution in [3.63, 3.8) is 0 Å². The van der Waals surface area contributed by atoms with E-state index in [4.69, 9.17) is 10.9 Å².